The number of nitrogens with one attached hydrogen (secondary N) is 1. The van der Waals surface area contributed by atoms with E-state index in [9.17, 15) is 9.59 Å². The lowest BCUT2D eigenvalue weighted by molar-refractivity contribution is -0.150. The molecule has 0 aliphatic rings. The monoisotopic (exact) mass is 187 g/mol. The molecule has 1 atom stereocenters. The van der Waals surface area contributed by atoms with Crippen LogP contribution in [0.15, 0.2) is 12.7 Å². The molecule has 74 valence electrons. The van der Waals surface area contributed by atoms with E-state index in [1.165, 1.54) is 13.0 Å². The van der Waals surface area contributed by atoms with Gasteiger partial charge in [0.1, 0.15) is 6.61 Å². The lowest BCUT2D eigenvalue weighted by Gasteiger charge is -2.07. The quantitative estimate of drug-likeness (QED) is 0.563. The van der Waals surface area contributed by atoms with Crippen molar-refractivity contribution in [1.82, 2.24) is 5.32 Å². The van der Waals surface area contributed by atoms with E-state index >= 15 is 0 Å². The van der Waals surface area contributed by atoms with Gasteiger partial charge in [-0.1, -0.05) is 6.08 Å². The molecule has 5 nitrogen and oxygen atoms in total. The van der Waals surface area contributed by atoms with Crippen LogP contribution in [0.5, 0.6) is 0 Å². The van der Waals surface area contributed by atoms with Gasteiger partial charge in [-0.3, -0.25) is 4.79 Å². The number of ether oxygens (including phenoxy) is 1. The number of carbonyl (C=O) groups is 2. The Morgan fingerprint density at radius 1 is 1.69 bits per heavy atom. The molecule has 2 N–H and O–H groups in total. The van der Waals surface area contributed by atoms with E-state index in [-0.39, 0.29) is 12.5 Å². The molecule has 0 aromatic carbocycles. The van der Waals surface area contributed by atoms with Crippen molar-refractivity contribution in [3.05, 3.63) is 12.7 Å². The summed E-state index contributed by atoms with van der Waals surface area (Å²) in [4.78, 5) is 21.1. The molecule has 0 aromatic heterocycles. The summed E-state index contributed by atoms with van der Waals surface area (Å²) in [5, 5.41) is 10.8. The summed E-state index contributed by atoms with van der Waals surface area (Å²) in [5.41, 5.74) is 0. The fourth-order valence-electron chi connectivity index (χ4n) is 0.509. The minimum atomic E-state index is -1.09. The van der Waals surface area contributed by atoms with Crippen molar-refractivity contribution in [1.29, 1.82) is 0 Å². The standard InChI is InChI=1S/C8H13NO4/c1-3-4-9-7(10)5-13-6(2)8(11)12/h3,6H,1,4-5H2,2H3,(H,9,10)(H,11,12)/t6-/m1/s1. The normalized spacial score (nSPS) is 11.8. The van der Waals surface area contributed by atoms with Crippen molar-refractivity contribution in [2.24, 2.45) is 0 Å². The number of carboxylic acid groups (broad SMARTS) is 1. The van der Waals surface area contributed by atoms with Crippen molar-refractivity contribution in [3.63, 3.8) is 0 Å². The first-order chi connectivity index (χ1) is 6.07. The number of rotatable bonds is 6. The number of aliphatic carboxylic acids is 1. The van der Waals surface area contributed by atoms with Crippen LogP contribution in [0.3, 0.4) is 0 Å². The second-order valence-corrected chi connectivity index (χ2v) is 2.38. The van der Waals surface area contributed by atoms with Gasteiger partial charge in [-0.05, 0) is 6.92 Å². The van der Waals surface area contributed by atoms with Crippen LogP contribution >= 0.6 is 0 Å². The largest absolute Gasteiger partial charge is 0.479 e. The first-order valence-electron chi connectivity index (χ1n) is 3.80. The molecule has 13 heavy (non-hydrogen) atoms. The third-order valence-electron chi connectivity index (χ3n) is 1.26. The SMILES string of the molecule is C=CCNC(=O)CO[C@H](C)C(=O)O. The number of hydrogen-bond donors (Lipinski definition) is 2. The van der Waals surface area contributed by atoms with Crippen molar-refractivity contribution < 1.29 is 19.4 Å². The van der Waals surface area contributed by atoms with E-state index in [4.69, 9.17) is 9.84 Å². The predicted molar refractivity (Wildman–Crippen MR) is 46.3 cm³/mol. The van der Waals surface area contributed by atoms with Crippen LogP contribution < -0.4 is 5.32 Å². The molecule has 0 bridgehead atoms. The van der Waals surface area contributed by atoms with Gasteiger partial charge in [0.15, 0.2) is 6.10 Å². The molecule has 0 heterocycles. The molecular weight excluding hydrogens is 174 g/mol. The second kappa shape index (κ2) is 6.19. The minimum absolute atomic E-state index is 0.249. The summed E-state index contributed by atoms with van der Waals surface area (Å²) in [6.07, 6.45) is 0.563. The highest BCUT2D eigenvalue weighted by Crippen LogP contribution is 1.89. The van der Waals surface area contributed by atoms with Crippen LogP contribution in [-0.4, -0.2) is 36.2 Å². The average molecular weight is 187 g/mol. The van der Waals surface area contributed by atoms with Gasteiger partial charge in [-0.25, -0.2) is 4.79 Å². The van der Waals surface area contributed by atoms with Crippen molar-refractivity contribution in [3.8, 4) is 0 Å². The maximum Gasteiger partial charge on any atom is 0.332 e. The van der Waals surface area contributed by atoms with Gasteiger partial charge in [0.2, 0.25) is 5.91 Å². The first kappa shape index (κ1) is 11.6. The zero-order chi connectivity index (χ0) is 10.3. The molecular formula is C8H13NO4. The Labute approximate surface area is 76.4 Å². The number of carbonyl (C=O) groups excluding carboxylic acids is 1. The van der Waals surface area contributed by atoms with Crippen LogP contribution in [0.4, 0.5) is 0 Å². The van der Waals surface area contributed by atoms with E-state index in [1.54, 1.807) is 0 Å². The summed E-state index contributed by atoms with van der Waals surface area (Å²) in [6, 6.07) is 0. The van der Waals surface area contributed by atoms with Crippen LogP contribution in [0.25, 0.3) is 0 Å². The molecule has 0 unspecified atom stereocenters. The summed E-state index contributed by atoms with van der Waals surface area (Å²) in [5.74, 6) is -1.44. The van der Waals surface area contributed by atoms with Gasteiger partial charge in [0.25, 0.3) is 0 Å². The second-order valence-electron chi connectivity index (χ2n) is 2.38. The summed E-state index contributed by atoms with van der Waals surface area (Å²) in [7, 11) is 0. The molecule has 0 aliphatic heterocycles. The zero-order valence-corrected chi connectivity index (χ0v) is 7.45. The van der Waals surface area contributed by atoms with Gasteiger partial charge in [0.05, 0.1) is 0 Å². The summed E-state index contributed by atoms with van der Waals surface area (Å²) < 4.78 is 4.72. The third kappa shape index (κ3) is 5.86. The van der Waals surface area contributed by atoms with Gasteiger partial charge in [-0.2, -0.15) is 0 Å². The zero-order valence-electron chi connectivity index (χ0n) is 7.45. The Bertz CT molecular complexity index is 202. The Balaban J connectivity index is 3.57. The van der Waals surface area contributed by atoms with Crippen molar-refractivity contribution in [2.45, 2.75) is 13.0 Å². The molecule has 0 radical (unpaired) electrons. The molecule has 0 aliphatic carbocycles. The Kier molecular flexibility index (Phi) is 5.54. The van der Waals surface area contributed by atoms with Gasteiger partial charge >= 0.3 is 5.97 Å². The Hall–Kier alpha value is -1.36. The van der Waals surface area contributed by atoms with Gasteiger partial charge < -0.3 is 15.2 Å². The van der Waals surface area contributed by atoms with Crippen LogP contribution in [0.2, 0.25) is 0 Å². The first-order valence-corrected chi connectivity index (χ1v) is 3.80. The van der Waals surface area contributed by atoms with E-state index < -0.39 is 12.1 Å². The van der Waals surface area contributed by atoms with Crippen molar-refractivity contribution >= 4 is 11.9 Å². The number of hydrogen-bond acceptors (Lipinski definition) is 3. The Morgan fingerprint density at radius 3 is 2.77 bits per heavy atom. The minimum Gasteiger partial charge on any atom is -0.479 e. The van der Waals surface area contributed by atoms with E-state index in [2.05, 4.69) is 11.9 Å². The number of amides is 1. The maximum atomic E-state index is 10.9. The maximum absolute atomic E-state index is 10.9. The van der Waals surface area contributed by atoms with E-state index in [0.29, 0.717) is 6.54 Å². The topological polar surface area (TPSA) is 75.6 Å². The molecule has 5 heteroatoms. The molecule has 0 saturated heterocycles. The van der Waals surface area contributed by atoms with Crippen LogP contribution in [0, 0.1) is 0 Å². The molecule has 0 aromatic rings. The van der Waals surface area contributed by atoms with Crippen molar-refractivity contribution in [2.75, 3.05) is 13.2 Å². The van der Waals surface area contributed by atoms with Crippen LogP contribution in [0.1, 0.15) is 6.92 Å². The summed E-state index contributed by atoms with van der Waals surface area (Å²) >= 11 is 0. The van der Waals surface area contributed by atoms with Gasteiger partial charge in [-0.15, -0.1) is 6.58 Å². The predicted octanol–water partition coefficient (Wildman–Crippen LogP) is -0.222. The third-order valence-corrected chi connectivity index (χ3v) is 1.26. The van der Waals surface area contributed by atoms with E-state index in [1.807, 2.05) is 0 Å². The highest BCUT2D eigenvalue weighted by Gasteiger charge is 2.12. The summed E-state index contributed by atoms with van der Waals surface area (Å²) in [6.45, 7) is 4.87. The number of carboxylic acids is 1. The highest BCUT2D eigenvalue weighted by molar-refractivity contribution is 5.78. The Morgan fingerprint density at radius 2 is 2.31 bits per heavy atom. The smallest absolute Gasteiger partial charge is 0.332 e. The molecule has 1 amide bonds. The molecule has 0 spiro atoms. The fourth-order valence-corrected chi connectivity index (χ4v) is 0.509. The van der Waals surface area contributed by atoms with E-state index in [0.717, 1.165) is 0 Å². The molecule has 0 saturated carbocycles. The van der Waals surface area contributed by atoms with Crippen LogP contribution in [-0.2, 0) is 14.3 Å². The van der Waals surface area contributed by atoms with Gasteiger partial charge in [0, 0.05) is 6.54 Å². The highest BCUT2D eigenvalue weighted by atomic mass is 16.5. The molecule has 0 fully saturated rings. The average Bonchev–Trinajstić information content (AvgIpc) is 2.10. The lowest BCUT2D eigenvalue weighted by Crippen LogP contribution is -2.31. The fraction of sp³-hybridized carbons (Fsp3) is 0.500. The molecule has 0 rings (SSSR count). The lowest BCUT2D eigenvalue weighted by atomic mass is 10.4.